The Bertz CT molecular complexity index is 1230. The van der Waals surface area contributed by atoms with Crippen molar-refractivity contribution < 1.29 is 9.63 Å². The van der Waals surface area contributed by atoms with Gasteiger partial charge in [-0.15, -0.1) is 0 Å². The fourth-order valence-electron chi connectivity index (χ4n) is 5.40. The van der Waals surface area contributed by atoms with E-state index in [0.29, 0.717) is 0 Å². The number of hydroxylamine groups is 1. The van der Waals surface area contributed by atoms with Crippen molar-refractivity contribution in [3.05, 3.63) is 142 Å². The number of piperidine rings is 1. The summed E-state index contributed by atoms with van der Waals surface area (Å²) in [5.74, 6) is -0.132. The first-order chi connectivity index (χ1) is 19.6. The normalized spacial score (nSPS) is 14.6. The lowest BCUT2D eigenvalue weighted by Crippen LogP contribution is -2.45. The second-order valence-electron chi connectivity index (χ2n) is 10.3. The van der Waals surface area contributed by atoms with Crippen LogP contribution in [0.1, 0.15) is 35.1 Å². The summed E-state index contributed by atoms with van der Waals surface area (Å²) in [5, 5.41) is 3.53. The maximum atomic E-state index is 13.4. The van der Waals surface area contributed by atoms with Crippen LogP contribution >= 0.6 is 15.9 Å². The molecule has 0 atom stereocenters. The number of halogens is 1. The quantitative estimate of drug-likeness (QED) is 0.121. The molecule has 40 heavy (non-hydrogen) atoms. The Morgan fingerprint density at radius 3 is 1.77 bits per heavy atom. The summed E-state index contributed by atoms with van der Waals surface area (Å²) in [7, 11) is 0. The van der Waals surface area contributed by atoms with Crippen LogP contribution in [0.2, 0.25) is 0 Å². The molecule has 6 heteroatoms. The Labute approximate surface area is 245 Å². The third-order valence-electron chi connectivity index (χ3n) is 7.65. The summed E-state index contributed by atoms with van der Waals surface area (Å²) in [5.41, 5.74) is 6.08. The molecule has 0 bridgehead atoms. The molecule has 1 aliphatic heterocycles. The summed E-state index contributed by atoms with van der Waals surface area (Å²) in [6.45, 7) is 4.55. The molecule has 1 heterocycles. The molecule has 1 aliphatic rings. The van der Waals surface area contributed by atoms with E-state index in [1.54, 1.807) is 0 Å². The predicted molar refractivity (Wildman–Crippen MR) is 163 cm³/mol. The zero-order valence-electron chi connectivity index (χ0n) is 22.6. The third-order valence-corrected chi connectivity index (χ3v) is 8.18. The van der Waals surface area contributed by atoms with Crippen LogP contribution in [-0.2, 0) is 21.8 Å². The lowest BCUT2D eigenvalue weighted by Gasteiger charge is -2.36. The summed E-state index contributed by atoms with van der Waals surface area (Å²) >= 11 is 3.48. The Balaban J connectivity index is 1.20. The highest BCUT2D eigenvalue weighted by Gasteiger charge is 2.39. The van der Waals surface area contributed by atoms with Crippen LogP contribution in [0.25, 0.3) is 0 Å². The van der Waals surface area contributed by atoms with E-state index in [1.165, 1.54) is 5.56 Å². The largest absolute Gasteiger partial charge is 0.311 e. The second kappa shape index (κ2) is 13.9. The van der Waals surface area contributed by atoms with E-state index in [2.05, 4.69) is 92.3 Å². The minimum atomic E-state index is -0.972. The molecular weight excluding hydrogens is 562 g/mol. The van der Waals surface area contributed by atoms with E-state index in [-0.39, 0.29) is 11.8 Å². The van der Waals surface area contributed by atoms with E-state index in [1.807, 2.05) is 54.6 Å². The number of hydrogen-bond acceptors (Lipinski definition) is 4. The number of carbonyl (C=O) groups is 1. The molecular formula is C34H36BrN3O2. The van der Waals surface area contributed by atoms with Gasteiger partial charge in [-0.25, -0.2) is 5.48 Å². The molecule has 5 rings (SSSR count). The fourth-order valence-corrected chi connectivity index (χ4v) is 5.66. The van der Waals surface area contributed by atoms with E-state index >= 15 is 0 Å². The minimum Gasteiger partial charge on any atom is -0.311 e. The molecule has 0 unspecified atom stereocenters. The number of hydrogen-bond donors (Lipinski definition) is 2. The zero-order chi connectivity index (χ0) is 27.6. The fraction of sp³-hybridized carbons (Fsp3) is 0.265. The SMILES string of the molecule is O=C(NOC(c1ccccc1)(c1ccccc1)c1ccccc1)C1CCN(CCNCc2ccc(Br)cc2)CC1. The highest BCUT2D eigenvalue weighted by Crippen LogP contribution is 2.39. The van der Waals surface area contributed by atoms with Crippen molar-refractivity contribution in [3.8, 4) is 0 Å². The summed E-state index contributed by atoms with van der Waals surface area (Å²) in [6.07, 6.45) is 1.63. The van der Waals surface area contributed by atoms with Gasteiger partial charge in [0.05, 0.1) is 0 Å². The number of nitrogens with one attached hydrogen (secondary N) is 2. The Hall–Kier alpha value is -3.29. The van der Waals surface area contributed by atoms with Crippen molar-refractivity contribution in [2.75, 3.05) is 26.2 Å². The van der Waals surface area contributed by atoms with Gasteiger partial charge in [-0.1, -0.05) is 119 Å². The minimum absolute atomic E-state index is 0.0554. The Morgan fingerprint density at radius 2 is 1.27 bits per heavy atom. The van der Waals surface area contributed by atoms with Gasteiger partial charge in [-0.2, -0.15) is 0 Å². The first-order valence-corrected chi connectivity index (χ1v) is 14.8. The maximum Gasteiger partial charge on any atom is 0.246 e. The molecule has 4 aromatic carbocycles. The number of rotatable bonds is 11. The maximum absolute atomic E-state index is 13.4. The van der Waals surface area contributed by atoms with Gasteiger partial charge in [0.1, 0.15) is 0 Å². The molecule has 1 amide bonds. The molecule has 5 nitrogen and oxygen atoms in total. The monoisotopic (exact) mass is 597 g/mol. The van der Waals surface area contributed by atoms with Crippen LogP contribution < -0.4 is 10.8 Å². The summed E-state index contributed by atoms with van der Waals surface area (Å²) in [4.78, 5) is 22.4. The van der Waals surface area contributed by atoms with Crippen molar-refractivity contribution in [1.82, 2.24) is 15.7 Å². The van der Waals surface area contributed by atoms with E-state index in [9.17, 15) is 4.79 Å². The van der Waals surface area contributed by atoms with Crippen LogP contribution in [-0.4, -0.2) is 37.0 Å². The molecule has 2 N–H and O–H groups in total. The Kier molecular flexibility index (Phi) is 9.79. The van der Waals surface area contributed by atoms with Gasteiger partial charge in [0, 0.05) is 30.0 Å². The molecule has 1 saturated heterocycles. The van der Waals surface area contributed by atoms with E-state index < -0.39 is 5.60 Å². The molecule has 0 aliphatic carbocycles. The summed E-state index contributed by atoms with van der Waals surface area (Å²) < 4.78 is 1.10. The van der Waals surface area contributed by atoms with Crippen LogP contribution in [0.5, 0.6) is 0 Å². The second-order valence-corrected chi connectivity index (χ2v) is 11.2. The van der Waals surface area contributed by atoms with Gasteiger partial charge in [0.15, 0.2) is 5.60 Å². The molecule has 4 aromatic rings. The van der Waals surface area contributed by atoms with Crippen LogP contribution in [0.15, 0.2) is 120 Å². The summed E-state index contributed by atoms with van der Waals surface area (Å²) in [6, 6.07) is 38.7. The van der Waals surface area contributed by atoms with Crippen molar-refractivity contribution in [2.45, 2.75) is 25.0 Å². The van der Waals surface area contributed by atoms with Gasteiger partial charge in [0.2, 0.25) is 5.91 Å². The van der Waals surface area contributed by atoms with Crippen LogP contribution in [0.3, 0.4) is 0 Å². The number of carbonyl (C=O) groups excluding carboxylic acids is 1. The predicted octanol–water partition coefficient (Wildman–Crippen LogP) is 6.29. The standard InChI is InChI=1S/C34H36BrN3O2/c35-32-18-16-27(17-19-32)26-36-22-25-38-23-20-28(21-24-38)33(39)37-40-34(29-10-4-1-5-11-29,30-12-6-2-7-13-30)31-14-8-3-9-15-31/h1-19,28,36H,20-26H2,(H,37,39). The third kappa shape index (κ3) is 6.88. The van der Waals surface area contributed by atoms with Crippen molar-refractivity contribution in [2.24, 2.45) is 5.92 Å². The first-order valence-electron chi connectivity index (χ1n) is 14.0. The van der Waals surface area contributed by atoms with Crippen molar-refractivity contribution in [1.29, 1.82) is 0 Å². The highest BCUT2D eigenvalue weighted by atomic mass is 79.9. The van der Waals surface area contributed by atoms with Gasteiger partial charge < -0.3 is 10.2 Å². The van der Waals surface area contributed by atoms with Crippen molar-refractivity contribution in [3.63, 3.8) is 0 Å². The first kappa shape index (κ1) is 28.2. The average molecular weight is 599 g/mol. The lowest BCUT2D eigenvalue weighted by molar-refractivity contribution is -0.149. The van der Waals surface area contributed by atoms with E-state index in [0.717, 1.165) is 66.7 Å². The number of nitrogens with zero attached hydrogens (tertiary/aromatic N) is 1. The molecule has 0 radical (unpaired) electrons. The molecule has 206 valence electrons. The number of benzene rings is 4. The zero-order valence-corrected chi connectivity index (χ0v) is 24.2. The van der Waals surface area contributed by atoms with Gasteiger partial charge in [0.25, 0.3) is 0 Å². The van der Waals surface area contributed by atoms with Crippen LogP contribution in [0, 0.1) is 5.92 Å². The van der Waals surface area contributed by atoms with E-state index in [4.69, 9.17) is 4.84 Å². The highest BCUT2D eigenvalue weighted by molar-refractivity contribution is 9.10. The lowest BCUT2D eigenvalue weighted by atomic mass is 9.80. The smallest absolute Gasteiger partial charge is 0.246 e. The van der Waals surface area contributed by atoms with Gasteiger partial charge >= 0.3 is 0 Å². The molecule has 1 fully saturated rings. The number of likely N-dealkylation sites (tertiary alicyclic amines) is 1. The van der Waals surface area contributed by atoms with Gasteiger partial charge in [-0.05, 0) is 60.3 Å². The number of amides is 1. The molecule has 0 aromatic heterocycles. The topological polar surface area (TPSA) is 53.6 Å². The van der Waals surface area contributed by atoms with Crippen LogP contribution in [0.4, 0.5) is 0 Å². The Morgan fingerprint density at radius 1 is 0.775 bits per heavy atom. The molecule has 0 saturated carbocycles. The average Bonchev–Trinajstić information content (AvgIpc) is 3.02. The van der Waals surface area contributed by atoms with Crippen molar-refractivity contribution >= 4 is 21.8 Å². The molecule has 0 spiro atoms. The van der Waals surface area contributed by atoms with Gasteiger partial charge in [-0.3, -0.25) is 9.63 Å².